The van der Waals surface area contributed by atoms with Gasteiger partial charge in [0.05, 0.1) is 0 Å². The smallest absolute Gasteiger partial charge is 0.284 e. The molecule has 0 saturated heterocycles. The average molecular weight is 154 g/mol. The van der Waals surface area contributed by atoms with Crippen LogP contribution in [0.4, 0.5) is 0 Å². The van der Waals surface area contributed by atoms with E-state index in [0.717, 1.165) is 0 Å². The largest absolute Gasteiger partial charge is 1.00 e. The Morgan fingerprint density at radius 3 is 2.44 bits per heavy atom. The Bertz CT molecular complexity index is 175. The quantitative estimate of drug-likeness (QED) is 0.270. The SMILES string of the molecule is Clc1[c-]cnc(Cl)c1.[Li+]. The Kier molecular flexibility index (Phi) is 4.34. The number of rotatable bonds is 0. The van der Waals surface area contributed by atoms with Crippen LogP contribution in [0.15, 0.2) is 12.3 Å². The third-order valence-electron chi connectivity index (χ3n) is 0.636. The molecule has 42 valence electrons. The van der Waals surface area contributed by atoms with Crippen LogP contribution in [-0.2, 0) is 0 Å². The first-order valence-electron chi connectivity index (χ1n) is 1.98. The third-order valence-corrected chi connectivity index (χ3v) is 1.06. The minimum atomic E-state index is 0. The van der Waals surface area contributed by atoms with E-state index in [4.69, 9.17) is 23.2 Å². The first-order chi connectivity index (χ1) is 3.79. The summed E-state index contributed by atoms with van der Waals surface area (Å²) in [5.41, 5.74) is 0. The zero-order valence-corrected chi connectivity index (χ0v) is 6.37. The molecule has 0 spiro atoms. The molecule has 1 heterocycles. The molecule has 0 N–H and O–H groups in total. The second kappa shape index (κ2) is 4.19. The van der Waals surface area contributed by atoms with E-state index in [2.05, 4.69) is 11.1 Å². The molecule has 0 radical (unpaired) electrons. The fourth-order valence-corrected chi connectivity index (χ4v) is 0.705. The Balaban J connectivity index is 0.000000640. The van der Waals surface area contributed by atoms with Crippen molar-refractivity contribution in [3.8, 4) is 0 Å². The fourth-order valence-electron chi connectivity index (χ4n) is 0.339. The molecule has 0 aliphatic rings. The van der Waals surface area contributed by atoms with Crippen molar-refractivity contribution in [2.24, 2.45) is 0 Å². The Labute approximate surface area is 75.6 Å². The van der Waals surface area contributed by atoms with E-state index < -0.39 is 0 Å². The van der Waals surface area contributed by atoms with Gasteiger partial charge in [0.15, 0.2) is 0 Å². The predicted octanol–water partition coefficient (Wildman–Crippen LogP) is -0.807. The van der Waals surface area contributed by atoms with Crippen LogP contribution < -0.4 is 18.9 Å². The molecule has 0 fully saturated rings. The van der Waals surface area contributed by atoms with E-state index in [1.54, 1.807) is 0 Å². The van der Waals surface area contributed by atoms with Crippen LogP contribution >= 0.6 is 23.2 Å². The zero-order valence-electron chi connectivity index (χ0n) is 4.86. The van der Waals surface area contributed by atoms with Gasteiger partial charge in [0, 0.05) is 5.15 Å². The van der Waals surface area contributed by atoms with Crippen molar-refractivity contribution in [3.63, 3.8) is 0 Å². The van der Waals surface area contributed by atoms with Gasteiger partial charge in [0.2, 0.25) is 0 Å². The van der Waals surface area contributed by atoms with Crippen molar-refractivity contribution in [1.82, 2.24) is 4.98 Å². The van der Waals surface area contributed by atoms with E-state index in [0.29, 0.717) is 10.2 Å². The van der Waals surface area contributed by atoms with E-state index in [9.17, 15) is 0 Å². The van der Waals surface area contributed by atoms with Crippen LogP contribution in [0.3, 0.4) is 0 Å². The van der Waals surface area contributed by atoms with E-state index in [-0.39, 0.29) is 18.9 Å². The van der Waals surface area contributed by atoms with Crippen molar-refractivity contribution in [1.29, 1.82) is 0 Å². The number of halogens is 2. The van der Waals surface area contributed by atoms with Crippen molar-refractivity contribution in [2.75, 3.05) is 0 Å². The van der Waals surface area contributed by atoms with Crippen molar-refractivity contribution in [2.45, 2.75) is 0 Å². The Morgan fingerprint density at radius 1 is 1.44 bits per heavy atom. The topological polar surface area (TPSA) is 12.9 Å². The summed E-state index contributed by atoms with van der Waals surface area (Å²) in [4.78, 5) is 3.67. The number of pyridine rings is 1. The fraction of sp³-hybridized carbons (Fsp3) is 0. The van der Waals surface area contributed by atoms with Crippen LogP contribution in [0.25, 0.3) is 0 Å². The molecular formula is C5H2Cl2LiN. The standard InChI is InChI=1S/C5H2Cl2N.Li/c6-4-1-2-8-5(7)3-4;/h2-3H;/q-1;+1. The number of hydrogen-bond donors (Lipinski definition) is 0. The van der Waals surface area contributed by atoms with Crippen LogP contribution in [0, 0.1) is 6.07 Å². The Hall–Kier alpha value is 0.327. The molecule has 0 amide bonds. The van der Waals surface area contributed by atoms with Crippen LogP contribution in [0.1, 0.15) is 0 Å². The van der Waals surface area contributed by atoms with Crippen LogP contribution in [-0.4, -0.2) is 4.98 Å². The van der Waals surface area contributed by atoms with Gasteiger partial charge >= 0.3 is 18.9 Å². The van der Waals surface area contributed by atoms with Gasteiger partial charge in [-0.25, -0.2) is 6.07 Å². The molecule has 9 heavy (non-hydrogen) atoms. The monoisotopic (exact) mass is 153 g/mol. The van der Waals surface area contributed by atoms with Crippen molar-refractivity contribution < 1.29 is 18.9 Å². The predicted molar refractivity (Wildman–Crippen MR) is 33.1 cm³/mol. The molecule has 0 aliphatic heterocycles. The van der Waals surface area contributed by atoms with Gasteiger partial charge in [-0.05, 0) is 0 Å². The van der Waals surface area contributed by atoms with Crippen LogP contribution in [0.2, 0.25) is 10.2 Å². The van der Waals surface area contributed by atoms with Crippen molar-refractivity contribution in [3.05, 3.63) is 28.5 Å². The molecule has 0 saturated carbocycles. The summed E-state index contributed by atoms with van der Waals surface area (Å²) in [6, 6.07) is 4.17. The molecule has 4 heteroatoms. The van der Waals surface area contributed by atoms with Gasteiger partial charge in [-0.3, -0.25) is 4.98 Å². The minimum absolute atomic E-state index is 0. The molecule has 0 bridgehead atoms. The zero-order chi connectivity index (χ0) is 5.98. The van der Waals surface area contributed by atoms with Gasteiger partial charge in [-0.15, -0.1) is 16.6 Å². The molecule has 0 unspecified atom stereocenters. The second-order valence-corrected chi connectivity index (χ2v) is 2.01. The summed E-state index contributed by atoms with van der Waals surface area (Å²) in [5.74, 6) is 0. The molecule has 0 aromatic carbocycles. The maximum atomic E-state index is 5.46. The van der Waals surface area contributed by atoms with E-state index in [1.807, 2.05) is 0 Å². The second-order valence-electron chi connectivity index (χ2n) is 1.22. The molecule has 0 aliphatic carbocycles. The maximum absolute atomic E-state index is 5.46. The van der Waals surface area contributed by atoms with Crippen molar-refractivity contribution >= 4 is 23.2 Å². The molecule has 1 aromatic rings. The summed E-state index contributed by atoms with van der Waals surface area (Å²) in [6.07, 6.45) is 1.44. The number of aromatic nitrogens is 1. The Morgan fingerprint density at radius 2 is 2.11 bits per heavy atom. The normalized spacial score (nSPS) is 8.22. The third kappa shape index (κ3) is 3.13. The van der Waals surface area contributed by atoms with E-state index >= 15 is 0 Å². The molecule has 0 atom stereocenters. The number of nitrogens with zero attached hydrogens (tertiary/aromatic N) is 1. The summed E-state index contributed by atoms with van der Waals surface area (Å²) < 4.78 is 0. The summed E-state index contributed by atoms with van der Waals surface area (Å²) >= 11 is 10.9. The maximum Gasteiger partial charge on any atom is 1.00 e. The van der Waals surface area contributed by atoms with Gasteiger partial charge in [-0.1, -0.05) is 17.8 Å². The van der Waals surface area contributed by atoms with Gasteiger partial charge < -0.3 is 0 Å². The summed E-state index contributed by atoms with van der Waals surface area (Å²) in [5, 5.41) is 0.888. The van der Waals surface area contributed by atoms with E-state index in [1.165, 1.54) is 12.3 Å². The van der Waals surface area contributed by atoms with Gasteiger partial charge in [0.25, 0.3) is 0 Å². The molecule has 1 aromatic heterocycles. The van der Waals surface area contributed by atoms with Crippen LogP contribution in [0.5, 0.6) is 0 Å². The average Bonchev–Trinajstić information content (AvgIpc) is 1.64. The minimum Gasteiger partial charge on any atom is -0.284 e. The summed E-state index contributed by atoms with van der Waals surface area (Å²) in [7, 11) is 0. The number of hydrogen-bond acceptors (Lipinski definition) is 1. The molecular weight excluding hydrogens is 152 g/mol. The first-order valence-corrected chi connectivity index (χ1v) is 2.73. The van der Waals surface area contributed by atoms with Gasteiger partial charge in [0.1, 0.15) is 0 Å². The first kappa shape index (κ1) is 9.33. The summed E-state index contributed by atoms with van der Waals surface area (Å²) in [6.45, 7) is 0. The van der Waals surface area contributed by atoms with Gasteiger partial charge in [-0.2, -0.15) is 6.07 Å². The molecule has 1 rings (SSSR count). The molecule has 1 nitrogen and oxygen atoms in total.